The van der Waals surface area contributed by atoms with Crippen LogP contribution in [0.15, 0.2) is 30.3 Å². The number of pyridine rings is 1. The highest BCUT2D eigenvalue weighted by atomic mass is 16.5. The fraction of sp³-hybridized carbons (Fsp3) is 0.250. The lowest BCUT2D eigenvalue weighted by Crippen LogP contribution is -2.15. The second-order valence-corrected chi connectivity index (χ2v) is 4.89. The number of hydrogen-bond acceptors (Lipinski definition) is 4. The zero-order chi connectivity index (χ0) is 15.4. The second kappa shape index (κ2) is 6.37. The summed E-state index contributed by atoms with van der Waals surface area (Å²) in [4.78, 5) is 4.33. The predicted molar refractivity (Wildman–Crippen MR) is 82.0 cm³/mol. The van der Waals surface area contributed by atoms with Crippen molar-refractivity contribution in [1.29, 1.82) is 5.41 Å². The largest absolute Gasteiger partial charge is 0.438 e. The highest BCUT2D eigenvalue weighted by Crippen LogP contribution is 2.26. The number of aliphatic hydroxyl groups excluding tert-OH is 1. The number of nitrogens with zero attached hydrogens (tertiary/aromatic N) is 1. The number of hydrogen-bond donors (Lipinski definition) is 3. The van der Waals surface area contributed by atoms with Crippen molar-refractivity contribution in [3.63, 3.8) is 0 Å². The van der Waals surface area contributed by atoms with E-state index in [-0.39, 0.29) is 12.4 Å². The highest BCUT2D eigenvalue weighted by molar-refractivity contribution is 5.98. The third-order valence-electron chi connectivity index (χ3n) is 3.12. The van der Waals surface area contributed by atoms with Gasteiger partial charge in [-0.3, -0.25) is 5.41 Å². The summed E-state index contributed by atoms with van der Waals surface area (Å²) < 4.78 is 5.77. The first-order valence-electron chi connectivity index (χ1n) is 6.71. The predicted octanol–water partition coefficient (Wildman–Crippen LogP) is 2.31. The molecule has 0 amide bonds. The van der Waals surface area contributed by atoms with Crippen molar-refractivity contribution >= 4 is 5.84 Å². The summed E-state index contributed by atoms with van der Waals surface area (Å²) in [5.74, 6) is 0.901. The van der Waals surface area contributed by atoms with Crippen LogP contribution in [-0.4, -0.2) is 22.5 Å². The molecule has 110 valence electrons. The summed E-state index contributed by atoms with van der Waals surface area (Å²) in [5, 5.41) is 16.6. The van der Waals surface area contributed by atoms with E-state index in [1.165, 1.54) is 0 Å². The molecule has 0 saturated carbocycles. The van der Waals surface area contributed by atoms with Crippen LogP contribution in [0.5, 0.6) is 11.6 Å². The zero-order valence-electron chi connectivity index (χ0n) is 12.2. The fourth-order valence-electron chi connectivity index (χ4n) is 2.17. The van der Waals surface area contributed by atoms with Crippen LogP contribution in [0.1, 0.15) is 22.4 Å². The molecular weight excluding hydrogens is 266 g/mol. The first-order valence-corrected chi connectivity index (χ1v) is 6.71. The van der Waals surface area contributed by atoms with Gasteiger partial charge in [0.1, 0.15) is 11.6 Å². The fourth-order valence-corrected chi connectivity index (χ4v) is 2.17. The molecule has 0 fully saturated rings. The summed E-state index contributed by atoms with van der Waals surface area (Å²) in [7, 11) is 0. The third-order valence-corrected chi connectivity index (χ3v) is 3.12. The smallest absolute Gasteiger partial charge is 0.230 e. The molecule has 1 heterocycles. The Balaban J connectivity index is 2.32. The topological polar surface area (TPSA) is 92.2 Å². The van der Waals surface area contributed by atoms with Crippen LogP contribution in [0, 0.1) is 19.3 Å². The average molecular weight is 285 g/mol. The maximum absolute atomic E-state index is 8.90. The van der Waals surface area contributed by atoms with Crippen molar-refractivity contribution in [2.75, 3.05) is 6.61 Å². The van der Waals surface area contributed by atoms with Gasteiger partial charge in [0.05, 0.1) is 5.56 Å². The molecule has 1 aromatic carbocycles. The Morgan fingerprint density at radius 1 is 1.29 bits per heavy atom. The number of rotatable bonds is 5. The van der Waals surface area contributed by atoms with E-state index in [2.05, 4.69) is 4.98 Å². The summed E-state index contributed by atoms with van der Waals surface area (Å²) in [5.41, 5.74) is 8.84. The molecule has 0 atom stereocenters. The highest BCUT2D eigenvalue weighted by Gasteiger charge is 2.13. The minimum absolute atomic E-state index is 0.0631. The normalized spacial score (nSPS) is 10.4. The van der Waals surface area contributed by atoms with E-state index in [1.807, 2.05) is 44.2 Å². The number of aliphatic hydroxyl groups is 1. The van der Waals surface area contributed by atoms with Crippen molar-refractivity contribution in [2.24, 2.45) is 5.73 Å². The zero-order valence-corrected chi connectivity index (χ0v) is 12.2. The molecule has 1 aromatic heterocycles. The van der Waals surface area contributed by atoms with E-state index in [1.54, 1.807) is 0 Å². The number of nitrogen functional groups attached to an aromatic ring is 1. The quantitative estimate of drug-likeness (QED) is 0.580. The minimum Gasteiger partial charge on any atom is -0.438 e. The Bertz CT molecular complexity index is 651. The van der Waals surface area contributed by atoms with E-state index in [0.29, 0.717) is 23.6 Å². The van der Waals surface area contributed by atoms with Gasteiger partial charge in [0.15, 0.2) is 0 Å². The van der Waals surface area contributed by atoms with Gasteiger partial charge in [0.25, 0.3) is 0 Å². The molecule has 0 aliphatic carbocycles. The van der Waals surface area contributed by atoms with Crippen molar-refractivity contribution in [3.8, 4) is 11.6 Å². The van der Waals surface area contributed by atoms with Gasteiger partial charge in [-0.05, 0) is 49.6 Å². The molecule has 4 N–H and O–H groups in total. The van der Waals surface area contributed by atoms with Crippen LogP contribution in [-0.2, 0) is 6.42 Å². The summed E-state index contributed by atoms with van der Waals surface area (Å²) in [6.07, 6.45) is 0.612. The van der Waals surface area contributed by atoms with Gasteiger partial charge in [-0.25, -0.2) is 4.98 Å². The summed E-state index contributed by atoms with van der Waals surface area (Å²) in [6, 6.07) is 9.28. The maximum atomic E-state index is 8.90. The number of aryl methyl sites for hydroxylation is 2. The van der Waals surface area contributed by atoms with Gasteiger partial charge < -0.3 is 15.6 Å². The van der Waals surface area contributed by atoms with Crippen LogP contribution in [0.3, 0.4) is 0 Å². The van der Waals surface area contributed by atoms with Crippen LogP contribution in [0.4, 0.5) is 0 Å². The van der Waals surface area contributed by atoms with Crippen molar-refractivity contribution < 1.29 is 9.84 Å². The maximum Gasteiger partial charge on any atom is 0.230 e. The number of benzene rings is 1. The van der Waals surface area contributed by atoms with Crippen LogP contribution >= 0.6 is 0 Å². The Labute approximate surface area is 123 Å². The van der Waals surface area contributed by atoms with Crippen molar-refractivity contribution in [3.05, 3.63) is 52.7 Å². The van der Waals surface area contributed by atoms with E-state index in [9.17, 15) is 0 Å². The van der Waals surface area contributed by atoms with E-state index in [0.717, 1.165) is 16.8 Å². The third kappa shape index (κ3) is 3.58. The number of aromatic nitrogens is 1. The van der Waals surface area contributed by atoms with Crippen LogP contribution in [0.25, 0.3) is 0 Å². The molecule has 2 aromatic rings. The number of amidine groups is 1. The van der Waals surface area contributed by atoms with E-state index in [4.69, 9.17) is 21.0 Å². The lowest BCUT2D eigenvalue weighted by Gasteiger charge is -2.13. The van der Waals surface area contributed by atoms with Gasteiger partial charge in [0, 0.05) is 12.3 Å². The Kier molecular flexibility index (Phi) is 4.55. The first kappa shape index (κ1) is 15.0. The Morgan fingerprint density at radius 3 is 2.52 bits per heavy atom. The first-order chi connectivity index (χ1) is 10.0. The van der Waals surface area contributed by atoms with E-state index < -0.39 is 0 Å². The Hall–Kier alpha value is -2.40. The summed E-state index contributed by atoms with van der Waals surface area (Å²) >= 11 is 0. The molecule has 0 aliphatic heterocycles. The molecule has 0 radical (unpaired) electrons. The van der Waals surface area contributed by atoms with Crippen molar-refractivity contribution in [1.82, 2.24) is 4.98 Å². The molecule has 0 spiro atoms. The Morgan fingerprint density at radius 2 is 1.95 bits per heavy atom. The lowest BCUT2D eigenvalue weighted by atomic mass is 10.1. The minimum atomic E-state index is -0.0631. The number of nitrogens with one attached hydrogen (secondary N) is 1. The van der Waals surface area contributed by atoms with Gasteiger partial charge in [-0.1, -0.05) is 12.1 Å². The molecular formula is C16H19N3O2. The SMILES string of the molecule is Cc1cc(C)c(C(=N)N)c(Oc2ccc(CCO)cc2)n1. The average Bonchev–Trinajstić information content (AvgIpc) is 2.40. The molecule has 5 heteroatoms. The molecule has 21 heavy (non-hydrogen) atoms. The lowest BCUT2D eigenvalue weighted by molar-refractivity contribution is 0.299. The van der Waals surface area contributed by atoms with Gasteiger partial charge >= 0.3 is 0 Å². The van der Waals surface area contributed by atoms with Gasteiger partial charge in [0.2, 0.25) is 5.88 Å². The number of ether oxygens (including phenoxy) is 1. The van der Waals surface area contributed by atoms with Gasteiger partial charge in [-0.15, -0.1) is 0 Å². The molecule has 0 bridgehead atoms. The van der Waals surface area contributed by atoms with Crippen LogP contribution in [0.2, 0.25) is 0 Å². The monoisotopic (exact) mass is 285 g/mol. The second-order valence-electron chi connectivity index (χ2n) is 4.89. The molecule has 2 rings (SSSR count). The standard InChI is InChI=1S/C16H19N3O2/c1-10-9-11(2)19-16(14(10)15(17)18)21-13-5-3-12(4-6-13)7-8-20/h3-6,9,20H,7-8H2,1-2H3,(H3,17,18). The van der Waals surface area contributed by atoms with E-state index >= 15 is 0 Å². The molecule has 0 saturated heterocycles. The van der Waals surface area contributed by atoms with Crippen molar-refractivity contribution in [2.45, 2.75) is 20.3 Å². The van der Waals surface area contributed by atoms with Crippen LogP contribution < -0.4 is 10.5 Å². The molecule has 0 aliphatic rings. The van der Waals surface area contributed by atoms with Gasteiger partial charge in [-0.2, -0.15) is 0 Å². The molecule has 5 nitrogen and oxygen atoms in total. The summed E-state index contributed by atoms with van der Waals surface area (Å²) in [6.45, 7) is 3.87. The number of nitrogens with two attached hydrogens (primary N) is 1. The molecule has 0 unspecified atom stereocenters.